The standard InChI is InChI=1S/C24H30N6O4S/c1-5-30(6-2)9-10-34-29-20(15-7-8-17-18(11-15)33-13-32-17)21-16-12-19(22(31)26-14(3)4)35-23(16)28-24(25)27-21/h7-8,11-12,14H,5-6,9-10,13H2,1-4H3,(H,26,31)(H2,25,27,28)/b29-20+. The molecule has 1 aliphatic rings. The molecule has 1 aliphatic heterocycles. The van der Waals surface area contributed by atoms with Gasteiger partial charge in [-0.1, -0.05) is 19.0 Å². The summed E-state index contributed by atoms with van der Waals surface area (Å²) in [5, 5.41) is 8.05. The van der Waals surface area contributed by atoms with Gasteiger partial charge < -0.3 is 30.3 Å². The largest absolute Gasteiger partial charge is 0.454 e. The normalized spacial score (nSPS) is 13.1. The fourth-order valence-corrected chi connectivity index (χ4v) is 4.60. The molecule has 3 N–H and O–H groups in total. The summed E-state index contributed by atoms with van der Waals surface area (Å²) in [6, 6.07) is 7.29. The highest BCUT2D eigenvalue weighted by Gasteiger charge is 2.23. The fraction of sp³-hybridized carbons (Fsp3) is 0.417. The number of anilines is 1. The Balaban J connectivity index is 1.76. The number of nitrogens with one attached hydrogen (secondary N) is 1. The summed E-state index contributed by atoms with van der Waals surface area (Å²) in [7, 11) is 0. The molecular weight excluding hydrogens is 468 g/mol. The molecule has 2 aromatic heterocycles. The van der Waals surface area contributed by atoms with Gasteiger partial charge in [-0.3, -0.25) is 4.79 Å². The lowest BCUT2D eigenvalue weighted by molar-refractivity contribution is 0.0947. The third-order valence-corrected chi connectivity index (χ3v) is 6.50. The number of ether oxygens (including phenoxy) is 2. The zero-order valence-electron chi connectivity index (χ0n) is 20.3. The van der Waals surface area contributed by atoms with Crippen LogP contribution in [0.2, 0.25) is 0 Å². The highest BCUT2D eigenvalue weighted by Crippen LogP contribution is 2.34. The lowest BCUT2D eigenvalue weighted by atomic mass is 10.0. The van der Waals surface area contributed by atoms with E-state index in [1.165, 1.54) is 11.3 Å². The van der Waals surface area contributed by atoms with Crippen molar-refractivity contribution < 1.29 is 19.1 Å². The lowest BCUT2D eigenvalue weighted by Crippen LogP contribution is -2.29. The van der Waals surface area contributed by atoms with Gasteiger partial charge >= 0.3 is 0 Å². The molecule has 186 valence electrons. The second-order valence-corrected chi connectivity index (χ2v) is 9.29. The summed E-state index contributed by atoms with van der Waals surface area (Å²) in [4.78, 5) is 30.6. The van der Waals surface area contributed by atoms with E-state index in [2.05, 4.69) is 39.2 Å². The van der Waals surface area contributed by atoms with Gasteiger partial charge in [0.1, 0.15) is 22.8 Å². The van der Waals surface area contributed by atoms with Crippen molar-refractivity contribution in [3.63, 3.8) is 0 Å². The second-order valence-electron chi connectivity index (χ2n) is 8.26. The molecule has 1 aromatic carbocycles. The zero-order chi connectivity index (χ0) is 24.9. The van der Waals surface area contributed by atoms with Crippen LogP contribution in [0.3, 0.4) is 0 Å². The highest BCUT2D eigenvalue weighted by molar-refractivity contribution is 7.20. The van der Waals surface area contributed by atoms with Gasteiger partial charge in [-0.25, -0.2) is 9.97 Å². The number of thiophene rings is 1. The maximum atomic E-state index is 12.7. The number of rotatable bonds is 10. The summed E-state index contributed by atoms with van der Waals surface area (Å²) in [5.41, 5.74) is 7.73. The minimum absolute atomic E-state index is 0.00768. The van der Waals surface area contributed by atoms with Crippen molar-refractivity contribution >= 4 is 39.1 Å². The number of nitrogens with two attached hydrogens (primary N) is 1. The van der Waals surface area contributed by atoms with Crippen molar-refractivity contribution in [1.29, 1.82) is 0 Å². The summed E-state index contributed by atoms with van der Waals surface area (Å²) >= 11 is 1.26. The maximum absolute atomic E-state index is 12.7. The van der Waals surface area contributed by atoms with E-state index >= 15 is 0 Å². The number of oxime groups is 1. The molecule has 4 rings (SSSR count). The van der Waals surface area contributed by atoms with E-state index in [1.54, 1.807) is 6.07 Å². The first-order chi connectivity index (χ1) is 16.9. The van der Waals surface area contributed by atoms with Gasteiger partial charge in [-0.05, 0) is 51.2 Å². The molecule has 0 saturated heterocycles. The van der Waals surface area contributed by atoms with E-state index in [9.17, 15) is 4.79 Å². The van der Waals surface area contributed by atoms with E-state index in [0.29, 0.717) is 44.6 Å². The number of hydrogen-bond donors (Lipinski definition) is 2. The number of likely N-dealkylation sites (N-methyl/N-ethyl adjacent to an activating group) is 1. The lowest BCUT2D eigenvalue weighted by Gasteiger charge is -2.16. The third-order valence-electron chi connectivity index (χ3n) is 5.47. The fourth-order valence-electron chi connectivity index (χ4n) is 3.66. The Morgan fingerprint density at radius 3 is 2.74 bits per heavy atom. The van der Waals surface area contributed by atoms with Crippen LogP contribution in [0.4, 0.5) is 5.95 Å². The minimum Gasteiger partial charge on any atom is -0.454 e. The smallest absolute Gasteiger partial charge is 0.261 e. The number of benzene rings is 1. The van der Waals surface area contributed by atoms with Crippen LogP contribution in [0.5, 0.6) is 11.5 Å². The molecule has 0 fully saturated rings. The van der Waals surface area contributed by atoms with E-state index in [4.69, 9.17) is 20.0 Å². The first-order valence-corrected chi connectivity index (χ1v) is 12.4. The zero-order valence-corrected chi connectivity index (χ0v) is 21.1. The summed E-state index contributed by atoms with van der Waals surface area (Å²) in [6.07, 6.45) is 0. The average molecular weight is 499 g/mol. The molecule has 10 nitrogen and oxygen atoms in total. The number of hydrogen-bond acceptors (Lipinski definition) is 10. The number of carbonyl (C=O) groups is 1. The number of nitrogen functional groups attached to an aromatic ring is 1. The van der Waals surface area contributed by atoms with E-state index in [0.717, 1.165) is 25.2 Å². The first-order valence-electron chi connectivity index (χ1n) is 11.6. The van der Waals surface area contributed by atoms with Crippen molar-refractivity contribution in [2.24, 2.45) is 5.16 Å². The summed E-state index contributed by atoms with van der Waals surface area (Å²) < 4.78 is 11.0. The number of aromatic nitrogens is 2. The van der Waals surface area contributed by atoms with Gasteiger partial charge in [0.2, 0.25) is 12.7 Å². The van der Waals surface area contributed by atoms with Crippen LogP contribution >= 0.6 is 11.3 Å². The van der Waals surface area contributed by atoms with Crippen LogP contribution in [-0.2, 0) is 4.84 Å². The van der Waals surface area contributed by atoms with Crippen LogP contribution in [0.15, 0.2) is 29.4 Å². The van der Waals surface area contributed by atoms with Crippen molar-refractivity contribution in [3.8, 4) is 11.5 Å². The van der Waals surface area contributed by atoms with E-state index in [-0.39, 0.29) is 24.7 Å². The topological polar surface area (TPSA) is 124 Å². The number of amides is 1. The third kappa shape index (κ3) is 5.63. The molecule has 3 heterocycles. The predicted molar refractivity (Wildman–Crippen MR) is 136 cm³/mol. The Labute approximate surface area is 208 Å². The van der Waals surface area contributed by atoms with Gasteiger partial charge in [0.15, 0.2) is 11.5 Å². The second kappa shape index (κ2) is 10.9. The molecule has 0 spiro atoms. The Morgan fingerprint density at radius 1 is 1.23 bits per heavy atom. The van der Waals surface area contributed by atoms with Crippen molar-refractivity contribution in [2.75, 3.05) is 38.8 Å². The van der Waals surface area contributed by atoms with Crippen molar-refractivity contribution in [2.45, 2.75) is 33.7 Å². The SMILES string of the molecule is CCN(CC)CCO/N=C(\c1ccc2c(c1)OCO2)c1nc(N)nc2sc(C(=O)NC(C)C)cc12. The molecule has 11 heteroatoms. The van der Waals surface area contributed by atoms with Gasteiger partial charge in [-0.2, -0.15) is 0 Å². The van der Waals surface area contributed by atoms with Crippen LogP contribution in [0.25, 0.3) is 10.2 Å². The Hall–Kier alpha value is -3.44. The van der Waals surface area contributed by atoms with E-state index in [1.807, 2.05) is 32.0 Å². The van der Waals surface area contributed by atoms with Crippen molar-refractivity contribution in [1.82, 2.24) is 20.2 Å². The first kappa shape index (κ1) is 24.7. The molecule has 0 saturated carbocycles. The molecule has 0 aliphatic carbocycles. The molecule has 35 heavy (non-hydrogen) atoms. The average Bonchev–Trinajstić information content (AvgIpc) is 3.47. The van der Waals surface area contributed by atoms with Gasteiger partial charge in [0.05, 0.1) is 4.88 Å². The molecular formula is C24H30N6O4S. The van der Waals surface area contributed by atoms with Crippen LogP contribution in [0, 0.1) is 0 Å². The predicted octanol–water partition coefficient (Wildman–Crippen LogP) is 3.25. The van der Waals surface area contributed by atoms with Gasteiger partial charge in [0, 0.05) is 23.5 Å². The Kier molecular flexibility index (Phi) is 7.67. The van der Waals surface area contributed by atoms with Crippen molar-refractivity contribution in [3.05, 3.63) is 40.4 Å². The summed E-state index contributed by atoms with van der Waals surface area (Å²) in [6.45, 7) is 11.2. The summed E-state index contributed by atoms with van der Waals surface area (Å²) in [5.74, 6) is 1.18. The monoisotopic (exact) mass is 498 g/mol. The molecule has 0 unspecified atom stereocenters. The number of carbonyl (C=O) groups excluding carboxylic acids is 1. The molecule has 0 bridgehead atoms. The van der Waals surface area contributed by atoms with Gasteiger partial charge in [0.25, 0.3) is 5.91 Å². The van der Waals surface area contributed by atoms with Crippen LogP contribution in [-0.4, -0.2) is 65.6 Å². The number of nitrogens with zero attached hydrogens (tertiary/aromatic N) is 4. The van der Waals surface area contributed by atoms with E-state index < -0.39 is 0 Å². The minimum atomic E-state index is -0.176. The number of fused-ring (bicyclic) bond motifs is 2. The molecule has 0 radical (unpaired) electrons. The molecule has 1 amide bonds. The molecule has 3 aromatic rings. The Bertz CT molecular complexity index is 1240. The molecule has 0 atom stereocenters. The maximum Gasteiger partial charge on any atom is 0.261 e. The quantitative estimate of drug-likeness (QED) is 0.248. The van der Waals surface area contributed by atoms with Crippen LogP contribution < -0.4 is 20.5 Å². The van der Waals surface area contributed by atoms with Crippen LogP contribution in [0.1, 0.15) is 48.6 Å². The highest BCUT2D eigenvalue weighted by atomic mass is 32.1. The van der Waals surface area contributed by atoms with Gasteiger partial charge in [-0.15, -0.1) is 11.3 Å². The Morgan fingerprint density at radius 2 is 2.00 bits per heavy atom.